The topological polar surface area (TPSA) is 64.6 Å². The van der Waals surface area contributed by atoms with E-state index in [-0.39, 0.29) is 31.1 Å². The molecule has 3 aromatic carbocycles. The summed E-state index contributed by atoms with van der Waals surface area (Å²) >= 11 is 0. The largest absolute Gasteiger partial charge is 0.465 e. The highest BCUT2D eigenvalue weighted by molar-refractivity contribution is 5.80. The number of hydrogen-bond acceptors (Lipinski definition) is 5. The Morgan fingerprint density at radius 1 is 0.750 bits per heavy atom. The minimum atomic E-state index is -0.664. The third-order valence-corrected chi connectivity index (χ3v) is 5.97. The quantitative estimate of drug-likeness (QED) is 0.323. The van der Waals surface area contributed by atoms with E-state index in [4.69, 9.17) is 9.47 Å². The van der Waals surface area contributed by atoms with Crippen LogP contribution in [0.3, 0.4) is 0 Å². The van der Waals surface area contributed by atoms with E-state index in [1.54, 1.807) is 6.92 Å². The molecule has 0 fully saturated rings. The molecule has 0 aliphatic rings. The summed E-state index contributed by atoms with van der Waals surface area (Å²) in [7, 11) is 0. The van der Waals surface area contributed by atoms with Crippen LogP contribution in [-0.2, 0) is 32.1 Å². The van der Waals surface area contributed by atoms with Crippen LogP contribution in [0.5, 0.6) is 0 Å². The van der Waals surface area contributed by atoms with Crippen molar-refractivity contribution < 1.29 is 19.1 Å². The predicted octanol–water partition coefficient (Wildman–Crippen LogP) is 5.88. The number of esters is 2. The maximum absolute atomic E-state index is 13.0. The minimum absolute atomic E-state index is 0.195. The third-order valence-electron chi connectivity index (χ3n) is 5.97. The van der Waals surface area contributed by atoms with Gasteiger partial charge in [-0.1, -0.05) is 98.3 Å². The number of benzene rings is 3. The van der Waals surface area contributed by atoms with Crippen LogP contribution in [0.15, 0.2) is 78.9 Å². The van der Waals surface area contributed by atoms with Gasteiger partial charge >= 0.3 is 11.9 Å². The number of hydrogen-bond donors (Lipinski definition) is 1. The summed E-state index contributed by atoms with van der Waals surface area (Å²) in [5, 5.41) is 3.26. The van der Waals surface area contributed by atoms with E-state index in [2.05, 4.69) is 48.6 Å². The van der Waals surface area contributed by atoms with Crippen LogP contribution in [-0.4, -0.2) is 30.6 Å². The molecule has 0 amide bonds. The lowest BCUT2D eigenvalue weighted by atomic mass is 9.98. The molecule has 0 heterocycles. The van der Waals surface area contributed by atoms with Crippen LogP contribution >= 0.6 is 0 Å². The van der Waals surface area contributed by atoms with Gasteiger partial charge in [-0.2, -0.15) is 0 Å². The molecular weight excluding hydrogens is 450 g/mol. The van der Waals surface area contributed by atoms with E-state index in [0.29, 0.717) is 12.8 Å². The number of rotatable bonds is 12. The molecule has 1 N–H and O–H groups in total. The molecule has 3 rings (SSSR count). The summed E-state index contributed by atoms with van der Waals surface area (Å²) in [6.45, 7) is 8.41. The number of nitrogens with one attached hydrogen (secondary N) is 1. The summed E-state index contributed by atoms with van der Waals surface area (Å²) in [5.41, 5.74) is 5.38. The van der Waals surface area contributed by atoms with Gasteiger partial charge in [0.05, 0.1) is 6.61 Å². The van der Waals surface area contributed by atoms with E-state index in [1.807, 2.05) is 56.3 Å². The molecule has 2 atom stereocenters. The molecule has 5 heteroatoms. The van der Waals surface area contributed by atoms with Crippen molar-refractivity contribution in [1.29, 1.82) is 0 Å². The predicted molar refractivity (Wildman–Crippen MR) is 143 cm³/mol. The number of carbonyl (C=O) groups excluding carboxylic acids is 2. The van der Waals surface area contributed by atoms with Crippen LogP contribution in [0.4, 0.5) is 0 Å². The first-order chi connectivity index (χ1) is 17.4. The molecule has 3 aromatic rings. The molecular formula is C31H37NO4. The summed E-state index contributed by atoms with van der Waals surface area (Å²) < 4.78 is 10.9. The molecule has 5 nitrogen and oxygen atoms in total. The minimum Gasteiger partial charge on any atom is -0.465 e. The zero-order valence-corrected chi connectivity index (χ0v) is 21.7. The van der Waals surface area contributed by atoms with Crippen molar-refractivity contribution in [2.45, 2.75) is 59.2 Å². The van der Waals surface area contributed by atoms with Crippen molar-refractivity contribution in [2.24, 2.45) is 5.92 Å². The van der Waals surface area contributed by atoms with Gasteiger partial charge in [-0.15, -0.1) is 0 Å². The Kier molecular flexibility index (Phi) is 10.3. The van der Waals surface area contributed by atoms with E-state index >= 15 is 0 Å². The number of carbonyl (C=O) groups is 2. The Hall–Kier alpha value is -3.44. The summed E-state index contributed by atoms with van der Waals surface area (Å²) in [4.78, 5) is 25.9. The molecule has 0 bridgehead atoms. The van der Waals surface area contributed by atoms with Gasteiger partial charge < -0.3 is 9.47 Å². The Bertz CT molecular complexity index is 1090. The highest BCUT2D eigenvalue weighted by Crippen LogP contribution is 2.21. The second-order valence-electron chi connectivity index (χ2n) is 9.51. The first-order valence-corrected chi connectivity index (χ1v) is 12.6. The van der Waals surface area contributed by atoms with Crippen molar-refractivity contribution in [3.8, 4) is 11.1 Å². The van der Waals surface area contributed by atoms with Gasteiger partial charge in [-0.25, -0.2) is 0 Å². The number of aryl methyl sites for hydroxylation is 1. The first-order valence-electron chi connectivity index (χ1n) is 12.6. The molecule has 0 radical (unpaired) electrons. The summed E-state index contributed by atoms with van der Waals surface area (Å²) in [5.74, 6) is -0.496. The average Bonchev–Trinajstić information content (AvgIpc) is 2.88. The van der Waals surface area contributed by atoms with Gasteiger partial charge in [-0.3, -0.25) is 14.9 Å². The zero-order chi connectivity index (χ0) is 25.9. The van der Waals surface area contributed by atoms with E-state index < -0.39 is 12.1 Å². The zero-order valence-electron chi connectivity index (χ0n) is 21.7. The average molecular weight is 488 g/mol. The lowest BCUT2D eigenvalue weighted by molar-refractivity contribution is -0.150. The molecule has 0 saturated carbocycles. The fourth-order valence-electron chi connectivity index (χ4n) is 4.04. The number of ether oxygens (including phenoxy) is 2. The van der Waals surface area contributed by atoms with Crippen LogP contribution < -0.4 is 5.32 Å². The van der Waals surface area contributed by atoms with Crippen molar-refractivity contribution in [1.82, 2.24) is 5.32 Å². The Labute approximate surface area is 214 Å². The molecule has 0 aromatic heterocycles. The monoisotopic (exact) mass is 487 g/mol. The van der Waals surface area contributed by atoms with Gasteiger partial charge in [0.1, 0.15) is 18.7 Å². The highest BCUT2D eigenvalue weighted by atomic mass is 16.5. The van der Waals surface area contributed by atoms with Gasteiger partial charge in [0.25, 0.3) is 0 Å². The van der Waals surface area contributed by atoms with Gasteiger partial charge in [-0.05, 0) is 54.9 Å². The lowest BCUT2D eigenvalue weighted by Gasteiger charge is -2.25. The van der Waals surface area contributed by atoms with Crippen molar-refractivity contribution in [3.63, 3.8) is 0 Å². The van der Waals surface area contributed by atoms with Crippen LogP contribution in [0.1, 0.15) is 43.9 Å². The van der Waals surface area contributed by atoms with Crippen molar-refractivity contribution in [3.05, 3.63) is 95.6 Å². The molecule has 190 valence electrons. The van der Waals surface area contributed by atoms with Gasteiger partial charge in [0.15, 0.2) is 0 Å². The highest BCUT2D eigenvalue weighted by Gasteiger charge is 2.29. The molecule has 0 unspecified atom stereocenters. The molecule has 36 heavy (non-hydrogen) atoms. The smallest absolute Gasteiger partial charge is 0.323 e. The third kappa shape index (κ3) is 8.35. The summed E-state index contributed by atoms with van der Waals surface area (Å²) in [6, 6.07) is 24.8. The molecule has 0 saturated heterocycles. The fourth-order valence-corrected chi connectivity index (χ4v) is 4.04. The molecule has 0 aliphatic carbocycles. The van der Waals surface area contributed by atoms with Gasteiger partial charge in [0.2, 0.25) is 0 Å². The van der Waals surface area contributed by atoms with Gasteiger partial charge in [0, 0.05) is 0 Å². The Morgan fingerprint density at radius 2 is 1.33 bits per heavy atom. The SMILES string of the molecule is CCOC(=O)[C@H](Cc1ccc(-c2ccc(C)cc2)cc1)N[C@@H](CC(C)C)C(=O)OCc1ccccc1. The molecule has 0 aliphatic heterocycles. The maximum atomic E-state index is 13.0. The fraction of sp³-hybridized carbons (Fsp3) is 0.355. The standard InChI is InChI=1S/C31H37NO4/c1-5-35-30(33)29(20-24-13-17-27(18-14-24)26-15-11-23(4)12-16-26)32-28(19-22(2)3)31(34)36-21-25-9-7-6-8-10-25/h6-18,22,28-29,32H,5,19-21H2,1-4H3/t28-,29-/m0/s1. The van der Waals surface area contributed by atoms with Crippen LogP contribution in [0, 0.1) is 12.8 Å². The lowest BCUT2D eigenvalue weighted by Crippen LogP contribution is -2.50. The normalized spacial score (nSPS) is 12.7. The van der Waals surface area contributed by atoms with E-state index in [1.165, 1.54) is 5.56 Å². The van der Waals surface area contributed by atoms with Crippen LogP contribution in [0.25, 0.3) is 11.1 Å². The summed E-state index contributed by atoms with van der Waals surface area (Å²) in [6.07, 6.45) is 0.962. The van der Waals surface area contributed by atoms with Crippen molar-refractivity contribution in [2.75, 3.05) is 6.61 Å². The second kappa shape index (κ2) is 13.6. The van der Waals surface area contributed by atoms with E-state index in [9.17, 15) is 9.59 Å². The Morgan fingerprint density at radius 3 is 1.92 bits per heavy atom. The van der Waals surface area contributed by atoms with E-state index in [0.717, 1.165) is 22.3 Å². The first kappa shape index (κ1) is 27.2. The maximum Gasteiger partial charge on any atom is 0.323 e. The Balaban J connectivity index is 1.72. The second-order valence-corrected chi connectivity index (χ2v) is 9.51. The molecule has 0 spiro atoms. The van der Waals surface area contributed by atoms with Crippen LogP contribution in [0.2, 0.25) is 0 Å². The van der Waals surface area contributed by atoms with Crippen molar-refractivity contribution >= 4 is 11.9 Å².